The lowest BCUT2D eigenvalue weighted by Gasteiger charge is -2.17. The summed E-state index contributed by atoms with van der Waals surface area (Å²) in [5.74, 6) is -12.2. The molecule has 18 heteroatoms. The third-order valence-electron chi connectivity index (χ3n) is 5.56. The van der Waals surface area contributed by atoms with Gasteiger partial charge < -0.3 is 20.1 Å². The van der Waals surface area contributed by atoms with Crippen LogP contribution in [0.4, 0.5) is 64.0 Å². The summed E-state index contributed by atoms with van der Waals surface area (Å²) in [5.41, 5.74) is -3.00. The fraction of sp³-hybridized carbons (Fsp3) is 0.154. The van der Waals surface area contributed by atoms with Crippen LogP contribution < -0.4 is 20.1 Å². The number of nitrogens with zero attached hydrogens (tertiary/aromatic N) is 2. The first-order valence-corrected chi connectivity index (χ1v) is 13.5. The van der Waals surface area contributed by atoms with Crippen LogP contribution in [0.2, 0.25) is 0 Å². The number of halogens is 8. The molecule has 0 aliphatic carbocycles. The van der Waals surface area contributed by atoms with Gasteiger partial charge in [-0.3, -0.25) is 4.72 Å². The van der Waals surface area contributed by atoms with Gasteiger partial charge in [0.2, 0.25) is 5.95 Å². The van der Waals surface area contributed by atoms with Crippen molar-refractivity contribution in [2.24, 2.45) is 0 Å². The second kappa shape index (κ2) is 12.9. The van der Waals surface area contributed by atoms with Crippen LogP contribution in [-0.2, 0) is 20.9 Å². The molecule has 0 saturated heterocycles. The predicted molar refractivity (Wildman–Crippen MR) is 141 cm³/mol. The number of methoxy groups -OCH3 is 1. The summed E-state index contributed by atoms with van der Waals surface area (Å²) in [6, 6.07) is 10.9. The summed E-state index contributed by atoms with van der Waals surface area (Å²) in [5, 5.41) is 5.35. The quantitative estimate of drug-likeness (QED) is 0.0730. The number of sulfonamides is 1. The summed E-state index contributed by atoms with van der Waals surface area (Å²) >= 11 is 0. The summed E-state index contributed by atoms with van der Waals surface area (Å²) in [7, 11) is -4.18. The second-order valence-corrected chi connectivity index (χ2v) is 10.3. The molecule has 4 aromatic rings. The van der Waals surface area contributed by atoms with E-state index in [1.807, 2.05) is 0 Å². The molecule has 0 unspecified atom stereocenters. The normalized spacial score (nSPS) is 11.8. The van der Waals surface area contributed by atoms with Gasteiger partial charge in [-0.2, -0.15) is 18.2 Å². The molecule has 0 radical (unpaired) electrons. The highest BCUT2D eigenvalue weighted by Crippen LogP contribution is 2.40. The zero-order valence-electron chi connectivity index (χ0n) is 22.1. The van der Waals surface area contributed by atoms with E-state index in [-0.39, 0.29) is 11.6 Å². The van der Waals surface area contributed by atoms with Crippen LogP contribution >= 0.6 is 0 Å². The Kier molecular flexibility index (Phi) is 9.43. The van der Waals surface area contributed by atoms with E-state index in [4.69, 9.17) is 9.47 Å². The Morgan fingerprint density at radius 2 is 1.48 bits per heavy atom. The third kappa shape index (κ3) is 7.25. The number of benzene rings is 3. The van der Waals surface area contributed by atoms with Crippen molar-refractivity contribution in [2.75, 3.05) is 35.7 Å². The first kappa shape index (κ1) is 32.2. The van der Waals surface area contributed by atoms with Gasteiger partial charge in [-0.1, -0.05) is 6.07 Å². The van der Waals surface area contributed by atoms with Crippen molar-refractivity contribution in [3.8, 4) is 5.75 Å². The Hall–Kier alpha value is -4.71. The van der Waals surface area contributed by atoms with Gasteiger partial charge in [-0.15, -0.1) is 0 Å². The molecule has 3 aromatic carbocycles. The Balaban J connectivity index is 1.56. The summed E-state index contributed by atoms with van der Waals surface area (Å²) in [4.78, 5) is 5.32. The van der Waals surface area contributed by atoms with Crippen molar-refractivity contribution in [1.82, 2.24) is 9.97 Å². The zero-order valence-corrected chi connectivity index (χ0v) is 22.9. The van der Waals surface area contributed by atoms with Gasteiger partial charge >= 0.3 is 6.18 Å². The molecule has 4 rings (SSSR count). The molecule has 0 saturated carbocycles. The van der Waals surface area contributed by atoms with E-state index in [0.29, 0.717) is 24.7 Å². The lowest BCUT2D eigenvalue weighted by molar-refractivity contribution is -0.143. The minimum absolute atomic E-state index is 0.0747. The van der Waals surface area contributed by atoms with E-state index < -0.39 is 67.2 Å². The van der Waals surface area contributed by atoms with Gasteiger partial charge in [0.05, 0.1) is 18.5 Å². The maximum Gasteiger partial charge on any atom is 0.420 e. The minimum atomic E-state index is -5.93. The van der Waals surface area contributed by atoms with Crippen molar-refractivity contribution < 1.29 is 53.0 Å². The van der Waals surface area contributed by atoms with Crippen LogP contribution in [0.1, 0.15) is 5.56 Å². The van der Waals surface area contributed by atoms with E-state index >= 15 is 0 Å². The maximum atomic E-state index is 14.5. The largest absolute Gasteiger partial charge is 0.491 e. The molecule has 0 aliphatic rings. The zero-order chi connectivity index (χ0) is 32.2. The highest BCUT2D eigenvalue weighted by Gasteiger charge is 2.46. The van der Waals surface area contributed by atoms with Crippen molar-refractivity contribution in [3.63, 3.8) is 0 Å². The minimum Gasteiger partial charge on any atom is -0.491 e. The summed E-state index contributed by atoms with van der Waals surface area (Å²) < 4.78 is 148. The third-order valence-corrected chi connectivity index (χ3v) is 6.99. The maximum absolute atomic E-state index is 14.5. The molecule has 0 atom stereocenters. The second-order valence-electron chi connectivity index (χ2n) is 8.65. The molecule has 1 heterocycles. The number of rotatable bonds is 11. The lowest BCUT2D eigenvalue weighted by atomic mass is 10.2. The average molecular weight is 650 g/mol. The van der Waals surface area contributed by atoms with Gasteiger partial charge in [0.15, 0.2) is 34.9 Å². The Morgan fingerprint density at radius 1 is 0.818 bits per heavy atom. The van der Waals surface area contributed by atoms with Gasteiger partial charge in [0.25, 0.3) is 10.0 Å². The molecule has 3 N–H and O–H groups in total. The van der Waals surface area contributed by atoms with E-state index in [1.54, 1.807) is 29.0 Å². The standard InChI is InChI=1S/C26H19F8N5O4S/c1-42-9-10-43-16-7-5-13(6-8-16)37-25-35-12-17(27)24(38-25)36-14-3-2-4-15(11-14)39-44(40,41)23-18(26(32,33)34)19(28)20(29)21(30)22(23)31/h2-8,11-12,39H,9-10H2,1H3,(H2,35,36,37,38). The number of hydrogen-bond donors (Lipinski definition) is 3. The molecule has 0 bridgehead atoms. The fourth-order valence-electron chi connectivity index (χ4n) is 3.64. The highest BCUT2D eigenvalue weighted by atomic mass is 32.2. The molecular formula is C26H19F8N5O4S. The number of ether oxygens (including phenoxy) is 2. The van der Waals surface area contributed by atoms with Gasteiger partial charge in [0.1, 0.15) is 22.8 Å². The smallest absolute Gasteiger partial charge is 0.420 e. The van der Waals surface area contributed by atoms with Gasteiger partial charge in [-0.05, 0) is 42.5 Å². The Bertz CT molecular complexity index is 1770. The van der Waals surface area contributed by atoms with Crippen LogP contribution in [0.5, 0.6) is 5.75 Å². The molecule has 9 nitrogen and oxygen atoms in total. The Labute approximate surface area is 243 Å². The first-order valence-electron chi connectivity index (χ1n) is 12.1. The van der Waals surface area contributed by atoms with Crippen LogP contribution in [0, 0.1) is 29.1 Å². The summed E-state index contributed by atoms with van der Waals surface area (Å²) in [6.07, 6.45) is -5.12. The van der Waals surface area contributed by atoms with Crippen molar-refractivity contribution in [2.45, 2.75) is 11.1 Å². The van der Waals surface area contributed by atoms with Crippen LogP contribution in [0.15, 0.2) is 59.6 Å². The van der Waals surface area contributed by atoms with Crippen LogP contribution in [0.25, 0.3) is 0 Å². The SMILES string of the molecule is COCCOc1ccc(Nc2ncc(F)c(Nc3cccc(NS(=O)(=O)c4c(F)c(F)c(F)c(F)c4C(F)(F)F)c3)n2)cc1. The van der Waals surface area contributed by atoms with Gasteiger partial charge in [-0.25, -0.2) is 35.4 Å². The van der Waals surface area contributed by atoms with E-state index in [2.05, 4.69) is 20.6 Å². The van der Waals surface area contributed by atoms with E-state index in [9.17, 15) is 43.5 Å². The summed E-state index contributed by atoms with van der Waals surface area (Å²) in [6.45, 7) is 0.719. The molecule has 1 aromatic heterocycles. The number of anilines is 5. The molecule has 44 heavy (non-hydrogen) atoms. The number of aromatic nitrogens is 2. The highest BCUT2D eigenvalue weighted by molar-refractivity contribution is 7.92. The van der Waals surface area contributed by atoms with Crippen molar-refractivity contribution in [3.05, 3.63) is 89.4 Å². The van der Waals surface area contributed by atoms with Crippen molar-refractivity contribution in [1.29, 1.82) is 0 Å². The molecule has 0 fully saturated rings. The molecule has 0 spiro atoms. The monoisotopic (exact) mass is 649 g/mol. The topological polar surface area (TPSA) is 114 Å². The van der Waals surface area contributed by atoms with E-state index in [0.717, 1.165) is 24.4 Å². The lowest BCUT2D eigenvalue weighted by Crippen LogP contribution is -2.24. The predicted octanol–water partition coefficient (Wildman–Crippen LogP) is 6.50. The molecule has 0 aliphatic heterocycles. The van der Waals surface area contributed by atoms with Crippen LogP contribution in [-0.4, -0.2) is 38.7 Å². The number of alkyl halides is 3. The number of hydrogen-bond acceptors (Lipinski definition) is 8. The van der Waals surface area contributed by atoms with E-state index in [1.165, 1.54) is 13.2 Å². The van der Waals surface area contributed by atoms with Gasteiger partial charge in [0, 0.05) is 18.5 Å². The Morgan fingerprint density at radius 3 is 2.14 bits per heavy atom. The molecule has 234 valence electrons. The van der Waals surface area contributed by atoms with Crippen molar-refractivity contribution >= 4 is 38.9 Å². The molecule has 0 amide bonds. The van der Waals surface area contributed by atoms with Crippen LogP contribution in [0.3, 0.4) is 0 Å². The fourth-order valence-corrected chi connectivity index (χ4v) is 4.98. The first-order chi connectivity index (χ1) is 20.7. The number of nitrogens with one attached hydrogen (secondary N) is 3. The molecular weight excluding hydrogens is 630 g/mol. The average Bonchev–Trinajstić information content (AvgIpc) is 2.95.